The molecule has 0 fully saturated rings. The highest BCUT2D eigenvalue weighted by molar-refractivity contribution is 6.30. The van der Waals surface area contributed by atoms with Crippen molar-refractivity contribution >= 4 is 28.2 Å². The molecule has 0 amide bonds. The van der Waals surface area contributed by atoms with Crippen LogP contribution in [-0.4, -0.2) is 20.3 Å². The molecule has 3 N–H and O–H groups in total. The highest BCUT2D eigenvalue weighted by Crippen LogP contribution is 2.35. The minimum atomic E-state index is -0.374. The lowest BCUT2D eigenvalue weighted by Crippen LogP contribution is -2.07. The second-order valence-corrected chi connectivity index (χ2v) is 6.81. The average Bonchev–Trinajstić information content (AvgIpc) is 3.24. The van der Waals surface area contributed by atoms with Crippen LogP contribution >= 0.6 is 11.6 Å². The van der Waals surface area contributed by atoms with Crippen molar-refractivity contribution < 1.29 is 8.91 Å². The summed E-state index contributed by atoms with van der Waals surface area (Å²) in [6.45, 7) is 1.76. The van der Waals surface area contributed by atoms with Gasteiger partial charge in [0.1, 0.15) is 11.3 Å². The minimum absolute atomic E-state index is 0.304. The maximum atomic E-state index is 14.7. The summed E-state index contributed by atoms with van der Waals surface area (Å²) in [6, 6.07) is 10.2. The molecule has 0 saturated heterocycles. The van der Waals surface area contributed by atoms with Crippen molar-refractivity contribution in [2.24, 2.45) is 0 Å². The second kappa shape index (κ2) is 7.00. The van der Waals surface area contributed by atoms with E-state index in [1.54, 1.807) is 25.1 Å². The SMILES string of the molecule is Cc1noc(CCC(c2ccc(Cl)cc2F)c2[nH]nc3c(N)cccc23)n1. The van der Waals surface area contributed by atoms with E-state index in [0.717, 1.165) is 11.1 Å². The molecule has 1 unspecified atom stereocenters. The lowest BCUT2D eigenvalue weighted by atomic mass is 9.89. The van der Waals surface area contributed by atoms with Gasteiger partial charge in [0.15, 0.2) is 5.82 Å². The van der Waals surface area contributed by atoms with Crippen molar-refractivity contribution in [1.29, 1.82) is 0 Å². The number of aromatic amines is 1. The van der Waals surface area contributed by atoms with Gasteiger partial charge in [-0.25, -0.2) is 4.39 Å². The first kappa shape index (κ1) is 17.5. The number of nitrogens with one attached hydrogen (secondary N) is 1. The van der Waals surface area contributed by atoms with Gasteiger partial charge in [0.05, 0.1) is 11.4 Å². The summed E-state index contributed by atoms with van der Waals surface area (Å²) in [5, 5.41) is 12.4. The first-order valence-electron chi connectivity index (χ1n) is 8.49. The Morgan fingerprint density at radius 2 is 2.15 bits per heavy atom. The van der Waals surface area contributed by atoms with Crippen molar-refractivity contribution in [3.05, 3.63) is 70.2 Å². The predicted molar refractivity (Wildman–Crippen MR) is 101 cm³/mol. The summed E-state index contributed by atoms with van der Waals surface area (Å²) in [5.74, 6) is 0.399. The number of halogens is 2. The van der Waals surface area contributed by atoms with Crippen LogP contribution in [0.5, 0.6) is 0 Å². The quantitative estimate of drug-likeness (QED) is 0.497. The molecule has 4 aromatic rings. The van der Waals surface area contributed by atoms with E-state index >= 15 is 0 Å². The summed E-state index contributed by atoms with van der Waals surface area (Å²) >= 11 is 5.93. The van der Waals surface area contributed by atoms with Crippen molar-refractivity contribution in [2.75, 3.05) is 5.73 Å². The van der Waals surface area contributed by atoms with E-state index in [-0.39, 0.29) is 11.7 Å². The number of H-pyrrole nitrogens is 1. The molecule has 27 heavy (non-hydrogen) atoms. The van der Waals surface area contributed by atoms with Gasteiger partial charge >= 0.3 is 0 Å². The highest BCUT2D eigenvalue weighted by atomic mass is 35.5. The molecule has 0 bridgehead atoms. The number of fused-ring (bicyclic) bond motifs is 1. The van der Waals surface area contributed by atoms with E-state index in [4.69, 9.17) is 21.9 Å². The summed E-state index contributed by atoms with van der Waals surface area (Å²) in [5.41, 5.74) is 8.56. The molecule has 2 heterocycles. The van der Waals surface area contributed by atoms with Gasteiger partial charge in [0.2, 0.25) is 5.89 Å². The number of hydrogen-bond donors (Lipinski definition) is 2. The molecule has 6 nitrogen and oxygen atoms in total. The number of aryl methyl sites for hydroxylation is 2. The van der Waals surface area contributed by atoms with Crippen molar-refractivity contribution in [2.45, 2.75) is 25.7 Å². The average molecular weight is 386 g/mol. The molecule has 1 atom stereocenters. The third kappa shape index (κ3) is 3.38. The number of aromatic nitrogens is 4. The van der Waals surface area contributed by atoms with Gasteiger partial charge in [-0.1, -0.05) is 35.0 Å². The molecule has 8 heteroatoms. The Morgan fingerprint density at radius 1 is 1.30 bits per heavy atom. The van der Waals surface area contributed by atoms with Gasteiger partial charge in [-0.2, -0.15) is 10.1 Å². The topological polar surface area (TPSA) is 93.6 Å². The zero-order valence-corrected chi connectivity index (χ0v) is 15.3. The van der Waals surface area contributed by atoms with Crippen molar-refractivity contribution in [1.82, 2.24) is 20.3 Å². The minimum Gasteiger partial charge on any atom is -0.397 e. The predicted octanol–water partition coefficient (Wildman–Crippen LogP) is 4.39. The lowest BCUT2D eigenvalue weighted by Gasteiger charge is -2.17. The van der Waals surface area contributed by atoms with Crippen LogP contribution in [-0.2, 0) is 6.42 Å². The Labute approximate surface area is 159 Å². The van der Waals surface area contributed by atoms with E-state index in [1.165, 1.54) is 6.07 Å². The zero-order chi connectivity index (χ0) is 19.0. The number of anilines is 1. The number of benzene rings is 2. The van der Waals surface area contributed by atoms with Crippen LogP contribution in [0.4, 0.5) is 10.1 Å². The number of nitrogens with two attached hydrogens (primary N) is 1. The number of nitrogens with zero attached hydrogens (tertiary/aromatic N) is 3. The number of rotatable bonds is 5. The van der Waals surface area contributed by atoms with Crippen molar-refractivity contribution in [3.8, 4) is 0 Å². The van der Waals surface area contributed by atoms with Crippen LogP contribution in [0.2, 0.25) is 5.02 Å². The number of para-hydroxylation sites is 1. The fourth-order valence-electron chi connectivity index (χ4n) is 3.29. The molecule has 0 radical (unpaired) electrons. The molecule has 2 aromatic heterocycles. The van der Waals surface area contributed by atoms with Gasteiger partial charge in [-0.15, -0.1) is 0 Å². The Kier molecular flexibility index (Phi) is 4.53. The summed E-state index contributed by atoms with van der Waals surface area (Å²) in [4.78, 5) is 4.23. The van der Waals surface area contributed by atoms with Gasteiger partial charge in [-0.05, 0) is 37.1 Å². The van der Waals surface area contributed by atoms with E-state index in [1.807, 2.05) is 12.1 Å². The Balaban J connectivity index is 1.78. The monoisotopic (exact) mass is 385 g/mol. The Bertz CT molecular complexity index is 1110. The Hall–Kier alpha value is -2.93. The molecule has 0 aliphatic heterocycles. The fourth-order valence-corrected chi connectivity index (χ4v) is 3.45. The van der Waals surface area contributed by atoms with Gasteiger partial charge in [0.25, 0.3) is 0 Å². The fraction of sp³-hybridized carbons (Fsp3) is 0.211. The first-order valence-corrected chi connectivity index (χ1v) is 8.87. The molecule has 0 saturated carbocycles. The molecule has 0 aliphatic rings. The molecular formula is C19H17ClFN5O. The van der Waals surface area contributed by atoms with Crippen LogP contribution in [0.15, 0.2) is 40.9 Å². The van der Waals surface area contributed by atoms with Crippen LogP contribution in [0.25, 0.3) is 10.9 Å². The zero-order valence-electron chi connectivity index (χ0n) is 14.5. The maximum Gasteiger partial charge on any atom is 0.226 e. The molecule has 4 rings (SSSR count). The third-order valence-corrected chi connectivity index (χ3v) is 4.78. The molecule has 0 aliphatic carbocycles. The van der Waals surface area contributed by atoms with Gasteiger partial charge in [-0.3, -0.25) is 5.10 Å². The van der Waals surface area contributed by atoms with Crippen LogP contribution < -0.4 is 5.73 Å². The largest absolute Gasteiger partial charge is 0.397 e. The summed E-state index contributed by atoms with van der Waals surface area (Å²) in [6.07, 6.45) is 1.04. The van der Waals surface area contributed by atoms with E-state index in [2.05, 4.69) is 20.3 Å². The molecule has 2 aromatic carbocycles. The highest BCUT2D eigenvalue weighted by Gasteiger charge is 2.24. The molecular weight excluding hydrogens is 369 g/mol. The third-order valence-electron chi connectivity index (χ3n) is 4.55. The van der Waals surface area contributed by atoms with Crippen molar-refractivity contribution in [3.63, 3.8) is 0 Å². The molecule has 0 spiro atoms. The van der Waals surface area contributed by atoms with Crippen LogP contribution in [0.1, 0.15) is 35.3 Å². The van der Waals surface area contributed by atoms with Gasteiger partial charge < -0.3 is 10.3 Å². The summed E-state index contributed by atoms with van der Waals surface area (Å²) in [7, 11) is 0. The van der Waals surface area contributed by atoms with E-state index in [0.29, 0.717) is 46.3 Å². The summed E-state index contributed by atoms with van der Waals surface area (Å²) < 4.78 is 19.9. The van der Waals surface area contributed by atoms with Crippen LogP contribution in [0, 0.1) is 12.7 Å². The first-order chi connectivity index (χ1) is 13.0. The Morgan fingerprint density at radius 3 is 2.89 bits per heavy atom. The number of hydrogen-bond acceptors (Lipinski definition) is 5. The van der Waals surface area contributed by atoms with Gasteiger partial charge in [0, 0.05) is 22.7 Å². The van der Waals surface area contributed by atoms with Crippen LogP contribution in [0.3, 0.4) is 0 Å². The standard InChI is InChI=1S/C19H17ClFN5O/c1-10-23-17(27-26-10)8-7-13(12-6-5-11(20)9-15(12)21)18-14-3-2-4-16(22)19(14)25-24-18/h2-6,9,13H,7-8,22H2,1H3,(H,24,25). The normalized spacial score (nSPS) is 12.6. The van der Waals surface area contributed by atoms with E-state index in [9.17, 15) is 4.39 Å². The van der Waals surface area contributed by atoms with E-state index < -0.39 is 0 Å². The maximum absolute atomic E-state index is 14.7. The second-order valence-electron chi connectivity index (χ2n) is 6.37. The smallest absolute Gasteiger partial charge is 0.226 e. The molecule has 138 valence electrons. The number of nitrogen functional groups attached to an aromatic ring is 1. The lowest BCUT2D eigenvalue weighted by molar-refractivity contribution is 0.369.